The molecule has 1 aromatic rings. The fourth-order valence-electron chi connectivity index (χ4n) is 1.13. The number of nitro groups is 1. The summed E-state index contributed by atoms with van der Waals surface area (Å²) in [4.78, 5) is 24.5. The average molecular weight is 225 g/mol. The first-order valence-electron chi connectivity index (χ1n) is 4.64. The summed E-state index contributed by atoms with van der Waals surface area (Å²) in [6.07, 6.45) is 1.62. The zero-order valence-electron chi connectivity index (χ0n) is 8.58. The summed E-state index contributed by atoms with van der Waals surface area (Å²) >= 11 is 0. The van der Waals surface area contributed by atoms with Crippen molar-refractivity contribution in [2.75, 3.05) is 5.32 Å². The average Bonchev–Trinajstić information content (AvgIpc) is 2.25. The van der Waals surface area contributed by atoms with Crippen LogP contribution in [0, 0.1) is 10.1 Å². The minimum absolute atomic E-state index is 0.127. The van der Waals surface area contributed by atoms with Crippen molar-refractivity contribution in [1.82, 2.24) is 4.98 Å². The third-order valence-electron chi connectivity index (χ3n) is 1.98. The Labute approximate surface area is 91.3 Å². The van der Waals surface area contributed by atoms with Crippen LogP contribution in [-0.4, -0.2) is 27.0 Å². The zero-order valence-corrected chi connectivity index (χ0v) is 8.58. The highest BCUT2D eigenvalue weighted by atomic mass is 16.6. The van der Waals surface area contributed by atoms with Gasteiger partial charge in [-0.1, -0.05) is 6.92 Å². The molecular weight excluding hydrogens is 214 g/mol. The van der Waals surface area contributed by atoms with E-state index in [0.29, 0.717) is 6.42 Å². The van der Waals surface area contributed by atoms with Crippen LogP contribution in [0.4, 0.5) is 11.5 Å². The van der Waals surface area contributed by atoms with E-state index < -0.39 is 16.9 Å². The maximum absolute atomic E-state index is 10.7. The molecule has 0 bridgehead atoms. The smallest absolute Gasteiger partial charge is 0.326 e. The number of carboxylic acid groups (broad SMARTS) is 1. The second kappa shape index (κ2) is 5.06. The van der Waals surface area contributed by atoms with Gasteiger partial charge in [0, 0.05) is 12.3 Å². The first kappa shape index (κ1) is 11.9. The van der Waals surface area contributed by atoms with Crippen LogP contribution in [0.25, 0.3) is 0 Å². The molecule has 1 rings (SSSR count). The maximum Gasteiger partial charge on any atom is 0.326 e. The molecule has 0 saturated carbocycles. The van der Waals surface area contributed by atoms with Gasteiger partial charge in [-0.05, 0) is 6.42 Å². The van der Waals surface area contributed by atoms with E-state index in [1.165, 1.54) is 18.3 Å². The van der Waals surface area contributed by atoms with Gasteiger partial charge in [0.2, 0.25) is 0 Å². The SMILES string of the molecule is CCC(Nc1cc([N+](=O)[O-])ccn1)C(=O)O. The number of rotatable bonds is 5. The fraction of sp³-hybridized carbons (Fsp3) is 0.333. The van der Waals surface area contributed by atoms with Gasteiger partial charge in [0.25, 0.3) is 5.69 Å². The van der Waals surface area contributed by atoms with Gasteiger partial charge in [-0.3, -0.25) is 10.1 Å². The normalized spacial score (nSPS) is 11.8. The molecule has 7 nitrogen and oxygen atoms in total. The molecule has 86 valence electrons. The van der Waals surface area contributed by atoms with Crippen molar-refractivity contribution in [3.63, 3.8) is 0 Å². The molecule has 0 radical (unpaired) electrons. The molecule has 0 aliphatic rings. The molecule has 0 spiro atoms. The molecule has 7 heteroatoms. The second-order valence-electron chi connectivity index (χ2n) is 3.10. The number of aliphatic carboxylic acids is 1. The Balaban J connectivity index is 2.84. The lowest BCUT2D eigenvalue weighted by Crippen LogP contribution is -2.28. The van der Waals surface area contributed by atoms with Gasteiger partial charge in [-0.25, -0.2) is 9.78 Å². The summed E-state index contributed by atoms with van der Waals surface area (Å²) in [5.41, 5.74) is -0.127. The van der Waals surface area contributed by atoms with E-state index in [9.17, 15) is 14.9 Å². The van der Waals surface area contributed by atoms with Crippen molar-refractivity contribution in [3.05, 3.63) is 28.4 Å². The molecule has 0 saturated heterocycles. The molecule has 0 aliphatic carbocycles. The van der Waals surface area contributed by atoms with Crippen molar-refractivity contribution in [1.29, 1.82) is 0 Å². The number of nitrogens with one attached hydrogen (secondary N) is 1. The summed E-state index contributed by atoms with van der Waals surface area (Å²) in [5.74, 6) is -0.834. The van der Waals surface area contributed by atoms with Gasteiger partial charge < -0.3 is 10.4 Å². The Kier molecular flexibility index (Phi) is 3.76. The second-order valence-corrected chi connectivity index (χ2v) is 3.10. The topological polar surface area (TPSA) is 105 Å². The Morgan fingerprint density at radius 1 is 1.75 bits per heavy atom. The largest absolute Gasteiger partial charge is 0.480 e. The third kappa shape index (κ3) is 2.91. The van der Waals surface area contributed by atoms with Crippen molar-refractivity contribution in [2.24, 2.45) is 0 Å². The van der Waals surface area contributed by atoms with Gasteiger partial charge in [0.05, 0.1) is 11.0 Å². The van der Waals surface area contributed by atoms with E-state index in [0.717, 1.165) is 0 Å². The van der Waals surface area contributed by atoms with E-state index in [1.54, 1.807) is 6.92 Å². The van der Waals surface area contributed by atoms with Gasteiger partial charge >= 0.3 is 5.97 Å². The van der Waals surface area contributed by atoms with Gasteiger partial charge in [0.1, 0.15) is 11.9 Å². The number of carboxylic acids is 1. The predicted molar refractivity (Wildman–Crippen MR) is 56.2 cm³/mol. The molecule has 2 N–H and O–H groups in total. The summed E-state index contributed by atoms with van der Waals surface area (Å²) < 4.78 is 0. The first-order valence-corrected chi connectivity index (χ1v) is 4.64. The third-order valence-corrected chi connectivity index (χ3v) is 1.98. The lowest BCUT2D eigenvalue weighted by molar-refractivity contribution is -0.384. The lowest BCUT2D eigenvalue weighted by atomic mass is 10.2. The van der Waals surface area contributed by atoms with Crippen LogP contribution >= 0.6 is 0 Å². The summed E-state index contributed by atoms with van der Waals surface area (Å²) in [6.45, 7) is 1.70. The van der Waals surface area contributed by atoms with Crippen LogP contribution < -0.4 is 5.32 Å². The highest BCUT2D eigenvalue weighted by molar-refractivity contribution is 5.76. The molecular formula is C9H11N3O4. The zero-order chi connectivity index (χ0) is 12.1. The minimum Gasteiger partial charge on any atom is -0.480 e. The van der Waals surface area contributed by atoms with Crippen LogP contribution in [0.3, 0.4) is 0 Å². The van der Waals surface area contributed by atoms with Crippen LogP contribution in [0.5, 0.6) is 0 Å². The number of aromatic nitrogens is 1. The number of carbonyl (C=O) groups is 1. The molecule has 0 aliphatic heterocycles. The van der Waals surface area contributed by atoms with Crippen molar-refractivity contribution >= 4 is 17.5 Å². The Hall–Kier alpha value is -2.18. The fourth-order valence-corrected chi connectivity index (χ4v) is 1.13. The minimum atomic E-state index is -1.02. The lowest BCUT2D eigenvalue weighted by Gasteiger charge is -2.12. The van der Waals surface area contributed by atoms with Crippen LogP contribution in [0.1, 0.15) is 13.3 Å². The van der Waals surface area contributed by atoms with E-state index >= 15 is 0 Å². The molecule has 16 heavy (non-hydrogen) atoms. The van der Waals surface area contributed by atoms with Gasteiger partial charge in [-0.15, -0.1) is 0 Å². The standard InChI is InChI=1S/C9H11N3O4/c1-2-7(9(13)14)11-8-5-6(12(15)16)3-4-10-8/h3-5,7H,2H2,1H3,(H,10,11)(H,13,14). The molecule has 0 aromatic carbocycles. The van der Waals surface area contributed by atoms with E-state index in [4.69, 9.17) is 5.11 Å². The van der Waals surface area contributed by atoms with Gasteiger partial charge in [0.15, 0.2) is 0 Å². The molecule has 1 unspecified atom stereocenters. The molecule has 1 aromatic heterocycles. The van der Waals surface area contributed by atoms with Crippen LogP contribution in [-0.2, 0) is 4.79 Å². The summed E-state index contributed by atoms with van der Waals surface area (Å²) in [5, 5.41) is 21.9. The van der Waals surface area contributed by atoms with Crippen LogP contribution in [0.2, 0.25) is 0 Å². The number of anilines is 1. The quantitative estimate of drug-likeness (QED) is 0.577. The van der Waals surface area contributed by atoms with Crippen molar-refractivity contribution in [3.8, 4) is 0 Å². The number of hydrogen-bond acceptors (Lipinski definition) is 5. The Bertz CT molecular complexity index is 407. The summed E-state index contributed by atoms with van der Waals surface area (Å²) in [6, 6.07) is 1.65. The Morgan fingerprint density at radius 3 is 2.94 bits per heavy atom. The van der Waals surface area contributed by atoms with Gasteiger partial charge in [-0.2, -0.15) is 0 Å². The maximum atomic E-state index is 10.7. The number of pyridine rings is 1. The summed E-state index contributed by atoms with van der Waals surface area (Å²) in [7, 11) is 0. The number of hydrogen-bond donors (Lipinski definition) is 2. The Morgan fingerprint density at radius 2 is 2.44 bits per heavy atom. The molecule has 0 amide bonds. The molecule has 0 fully saturated rings. The highest BCUT2D eigenvalue weighted by Gasteiger charge is 2.16. The van der Waals surface area contributed by atoms with Crippen molar-refractivity contribution < 1.29 is 14.8 Å². The van der Waals surface area contributed by atoms with E-state index in [2.05, 4.69) is 10.3 Å². The number of nitrogens with zero attached hydrogens (tertiary/aromatic N) is 2. The highest BCUT2D eigenvalue weighted by Crippen LogP contribution is 2.15. The monoisotopic (exact) mass is 225 g/mol. The predicted octanol–water partition coefficient (Wildman–Crippen LogP) is 1.26. The van der Waals surface area contributed by atoms with Crippen LogP contribution in [0.15, 0.2) is 18.3 Å². The molecule has 1 atom stereocenters. The van der Waals surface area contributed by atoms with E-state index in [1.807, 2.05) is 0 Å². The van der Waals surface area contributed by atoms with Crippen molar-refractivity contribution in [2.45, 2.75) is 19.4 Å². The molecule has 1 heterocycles. The van der Waals surface area contributed by atoms with E-state index in [-0.39, 0.29) is 11.5 Å². The first-order chi connectivity index (χ1) is 7.54.